The Labute approximate surface area is 108 Å². The van der Waals surface area contributed by atoms with Gasteiger partial charge >= 0.3 is 0 Å². The molecule has 0 unspecified atom stereocenters. The zero-order chi connectivity index (χ0) is 12.6. The van der Waals surface area contributed by atoms with Gasteiger partial charge in [0, 0.05) is 19.2 Å². The Bertz CT molecular complexity index is 354. The van der Waals surface area contributed by atoms with Crippen molar-refractivity contribution in [1.29, 1.82) is 0 Å². The van der Waals surface area contributed by atoms with E-state index in [-0.39, 0.29) is 0 Å². The van der Waals surface area contributed by atoms with Crippen LogP contribution in [0, 0.1) is 0 Å². The quantitative estimate of drug-likeness (QED) is 0.786. The molecule has 0 spiro atoms. The first kappa shape index (κ1) is 13.1. The first-order valence-electron chi connectivity index (χ1n) is 6.59. The van der Waals surface area contributed by atoms with Crippen molar-refractivity contribution in [3.8, 4) is 5.88 Å². The van der Waals surface area contributed by atoms with E-state index < -0.39 is 0 Å². The Kier molecular flexibility index (Phi) is 5.20. The van der Waals surface area contributed by atoms with E-state index in [4.69, 9.17) is 9.47 Å². The lowest BCUT2D eigenvalue weighted by Crippen LogP contribution is -2.22. The standard InChI is InChI=1S/C13H21N3O2/c1-17-7-8-18-13-9-12(14-10-15-13)16-11-5-3-2-4-6-11/h9-11H,2-8H2,1H3,(H,14,15,16). The maximum absolute atomic E-state index is 5.46. The van der Waals surface area contributed by atoms with Crippen LogP contribution < -0.4 is 10.1 Å². The number of rotatable bonds is 6. The molecule has 5 nitrogen and oxygen atoms in total. The van der Waals surface area contributed by atoms with Crippen LogP contribution >= 0.6 is 0 Å². The summed E-state index contributed by atoms with van der Waals surface area (Å²) in [6, 6.07) is 2.39. The van der Waals surface area contributed by atoms with Crippen molar-refractivity contribution >= 4 is 5.82 Å². The fourth-order valence-electron chi connectivity index (χ4n) is 2.18. The van der Waals surface area contributed by atoms with Gasteiger partial charge in [-0.25, -0.2) is 9.97 Å². The highest BCUT2D eigenvalue weighted by Gasteiger charge is 2.13. The number of methoxy groups -OCH3 is 1. The number of hydrogen-bond donors (Lipinski definition) is 1. The molecule has 1 fully saturated rings. The molecule has 1 heterocycles. The van der Waals surface area contributed by atoms with Gasteiger partial charge in [-0.05, 0) is 12.8 Å². The molecule has 1 N–H and O–H groups in total. The SMILES string of the molecule is COCCOc1cc(NC2CCCCC2)ncn1. The molecular formula is C13H21N3O2. The smallest absolute Gasteiger partial charge is 0.218 e. The van der Waals surface area contributed by atoms with Crippen molar-refractivity contribution in [3.05, 3.63) is 12.4 Å². The molecule has 1 aromatic rings. The van der Waals surface area contributed by atoms with Gasteiger partial charge in [0.15, 0.2) is 0 Å². The average Bonchev–Trinajstić information content (AvgIpc) is 2.41. The maximum Gasteiger partial charge on any atom is 0.218 e. The summed E-state index contributed by atoms with van der Waals surface area (Å²) < 4.78 is 10.4. The summed E-state index contributed by atoms with van der Waals surface area (Å²) in [5.41, 5.74) is 0. The summed E-state index contributed by atoms with van der Waals surface area (Å²) in [6.45, 7) is 1.08. The molecule has 0 aliphatic heterocycles. The Morgan fingerprint density at radius 1 is 1.22 bits per heavy atom. The molecule has 0 radical (unpaired) electrons. The van der Waals surface area contributed by atoms with Crippen molar-refractivity contribution < 1.29 is 9.47 Å². The molecule has 0 saturated heterocycles. The lowest BCUT2D eigenvalue weighted by Gasteiger charge is -2.23. The minimum atomic E-state index is 0.510. The largest absolute Gasteiger partial charge is 0.475 e. The summed E-state index contributed by atoms with van der Waals surface area (Å²) in [6.07, 6.45) is 7.95. The lowest BCUT2D eigenvalue weighted by atomic mass is 9.95. The number of nitrogens with zero attached hydrogens (tertiary/aromatic N) is 2. The van der Waals surface area contributed by atoms with Gasteiger partial charge < -0.3 is 14.8 Å². The fourth-order valence-corrected chi connectivity index (χ4v) is 2.18. The number of anilines is 1. The second kappa shape index (κ2) is 7.16. The Hall–Kier alpha value is -1.36. The summed E-state index contributed by atoms with van der Waals surface area (Å²) in [5, 5.41) is 3.45. The third kappa shape index (κ3) is 4.14. The predicted molar refractivity (Wildman–Crippen MR) is 69.9 cm³/mol. The molecule has 0 amide bonds. The Morgan fingerprint density at radius 3 is 2.83 bits per heavy atom. The van der Waals surface area contributed by atoms with E-state index in [1.807, 2.05) is 6.07 Å². The molecule has 0 atom stereocenters. The van der Waals surface area contributed by atoms with Crippen LogP contribution in [0.1, 0.15) is 32.1 Å². The maximum atomic E-state index is 5.46. The van der Waals surface area contributed by atoms with E-state index in [0.29, 0.717) is 25.1 Å². The van der Waals surface area contributed by atoms with Crippen LogP contribution in [-0.4, -0.2) is 36.3 Å². The number of aromatic nitrogens is 2. The van der Waals surface area contributed by atoms with E-state index in [0.717, 1.165) is 5.82 Å². The van der Waals surface area contributed by atoms with Crippen LogP contribution in [0.3, 0.4) is 0 Å². The van der Waals surface area contributed by atoms with E-state index in [2.05, 4.69) is 15.3 Å². The second-order valence-corrected chi connectivity index (χ2v) is 4.56. The molecule has 18 heavy (non-hydrogen) atoms. The number of ether oxygens (including phenoxy) is 2. The number of nitrogens with one attached hydrogen (secondary N) is 1. The molecule has 100 valence electrons. The summed E-state index contributed by atoms with van der Waals surface area (Å²) in [5.74, 6) is 1.45. The van der Waals surface area contributed by atoms with Crippen LogP contribution in [0.2, 0.25) is 0 Å². The predicted octanol–water partition coefficient (Wildman–Crippen LogP) is 2.25. The van der Waals surface area contributed by atoms with Gasteiger partial charge in [-0.1, -0.05) is 19.3 Å². The molecule has 1 saturated carbocycles. The minimum absolute atomic E-state index is 0.510. The fraction of sp³-hybridized carbons (Fsp3) is 0.692. The molecule has 0 bridgehead atoms. The van der Waals surface area contributed by atoms with E-state index >= 15 is 0 Å². The van der Waals surface area contributed by atoms with E-state index in [9.17, 15) is 0 Å². The van der Waals surface area contributed by atoms with Crippen LogP contribution in [0.4, 0.5) is 5.82 Å². The first-order valence-corrected chi connectivity index (χ1v) is 6.59. The Balaban J connectivity index is 1.85. The van der Waals surface area contributed by atoms with Crippen LogP contribution in [0.5, 0.6) is 5.88 Å². The molecule has 1 aromatic heterocycles. The van der Waals surface area contributed by atoms with Crippen LogP contribution in [0.15, 0.2) is 12.4 Å². The molecule has 0 aromatic carbocycles. The lowest BCUT2D eigenvalue weighted by molar-refractivity contribution is 0.143. The van der Waals surface area contributed by atoms with Gasteiger partial charge in [0.05, 0.1) is 6.61 Å². The highest BCUT2D eigenvalue weighted by atomic mass is 16.5. The molecule has 1 aliphatic rings. The normalized spacial score (nSPS) is 16.5. The van der Waals surface area contributed by atoms with Crippen molar-refractivity contribution in [3.63, 3.8) is 0 Å². The van der Waals surface area contributed by atoms with Gasteiger partial charge in [0.2, 0.25) is 5.88 Å². The van der Waals surface area contributed by atoms with Gasteiger partial charge in [-0.3, -0.25) is 0 Å². The zero-order valence-corrected chi connectivity index (χ0v) is 10.9. The first-order chi connectivity index (χ1) is 8.88. The van der Waals surface area contributed by atoms with Gasteiger partial charge in [0.1, 0.15) is 18.8 Å². The zero-order valence-electron chi connectivity index (χ0n) is 10.9. The average molecular weight is 251 g/mol. The van der Waals surface area contributed by atoms with Gasteiger partial charge in [0.25, 0.3) is 0 Å². The number of hydrogen-bond acceptors (Lipinski definition) is 5. The topological polar surface area (TPSA) is 56.3 Å². The van der Waals surface area contributed by atoms with Crippen molar-refractivity contribution in [1.82, 2.24) is 9.97 Å². The molecular weight excluding hydrogens is 230 g/mol. The summed E-state index contributed by atoms with van der Waals surface area (Å²) >= 11 is 0. The van der Waals surface area contributed by atoms with Gasteiger partial charge in [-0.15, -0.1) is 0 Å². The second-order valence-electron chi connectivity index (χ2n) is 4.56. The molecule has 5 heteroatoms. The van der Waals surface area contributed by atoms with E-state index in [1.165, 1.54) is 38.4 Å². The molecule has 1 aliphatic carbocycles. The third-order valence-corrected chi connectivity index (χ3v) is 3.14. The van der Waals surface area contributed by atoms with E-state index in [1.54, 1.807) is 7.11 Å². The highest BCUT2D eigenvalue weighted by molar-refractivity contribution is 5.38. The third-order valence-electron chi connectivity index (χ3n) is 3.14. The minimum Gasteiger partial charge on any atom is -0.475 e. The highest BCUT2D eigenvalue weighted by Crippen LogP contribution is 2.21. The Morgan fingerprint density at radius 2 is 2.06 bits per heavy atom. The van der Waals surface area contributed by atoms with Crippen molar-refractivity contribution in [2.45, 2.75) is 38.1 Å². The van der Waals surface area contributed by atoms with Gasteiger partial charge in [-0.2, -0.15) is 0 Å². The summed E-state index contributed by atoms with van der Waals surface area (Å²) in [4.78, 5) is 8.30. The van der Waals surface area contributed by atoms with Crippen LogP contribution in [0.25, 0.3) is 0 Å². The monoisotopic (exact) mass is 251 g/mol. The summed E-state index contributed by atoms with van der Waals surface area (Å²) in [7, 11) is 1.65. The van der Waals surface area contributed by atoms with Crippen molar-refractivity contribution in [2.24, 2.45) is 0 Å². The van der Waals surface area contributed by atoms with Crippen molar-refractivity contribution in [2.75, 3.05) is 25.6 Å². The van der Waals surface area contributed by atoms with Crippen LogP contribution in [-0.2, 0) is 4.74 Å². The molecule has 2 rings (SSSR count).